The minimum absolute atomic E-state index is 0.719. The van der Waals surface area contributed by atoms with Crippen LogP contribution in [0.5, 0.6) is 0 Å². The molecule has 0 heterocycles. The number of hydrogen-bond donors (Lipinski definition) is 1. The highest BCUT2D eigenvalue weighted by Crippen LogP contribution is 2.23. The average molecular weight is 149 g/mol. The topological polar surface area (TPSA) is 23.9 Å². The quantitative estimate of drug-likeness (QED) is 0.554. The zero-order valence-corrected chi connectivity index (χ0v) is 7.49. The minimum atomic E-state index is 0.719. The van der Waals surface area contributed by atoms with Gasteiger partial charge in [-0.25, -0.2) is 0 Å². The average Bonchev–Trinajstić information content (AvgIpc) is 1.94. The van der Waals surface area contributed by atoms with E-state index in [1.807, 2.05) is 6.92 Å². The SMILES string of the molecule is CC(=N)C1=CC(C)=C(C)CC1. The molecule has 1 aliphatic carbocycles. The van der Waals surface area contributed by atoms with Gasteiger partial charge in [-0.3, -0.25) is 0 Å². The van der Waals surface area contributed by atoms with Crippen LogP contribution in [0, 0.1) is 5.41 Å². The first-order valence-electron chi connectivity index (χ1n) is 4.03. The molecule has 0 spiro atoms. The highest BCUT2D eigenvalue weighted by Gasteiger charge is 2.07. The molecule has 60 valence electrons. The van der Waals surface area contributed by atoms with Gasteiger partial charge in [0.25, 0.3) is 0 Å². The molecule has 11 heavy (non-hydrogen) atoms. The maximum atomic E-state index is 7.45. The molecule has 0 aromatic carbocycles. The van der Waals surface area contributed by atoms with E-state index < -0.39 is 0 Å². The van der Waals surface area contributed by atoms with Crippen LogP contribution in [-0.4, -0.2) is 5.71 Å². The van der Waals surface area contributed by atoms with Crippen molar-refractivity contribution in [2.24, 2.45) is 0 Å². The molecule has 0 fully saturated rings. The van der Waals surface area contributed by atoms with Gasteiger partial charge in [0.15, 0.2) is 0 Å². The number of hydrogen-bond acceptors (Lipinski definition) is 1. The Hall–Kier alpha value is -0.850. The highest BCUT2D eigenvalue weighted by molar-refractivity contribution is 5.96. The van der Waals surface area contributed by atoms with Crippen molar-refractivity contribution >= 4 is 5.71 Å². The largest absolute Gasteiger partial charge is 0.305 e. The van der Waals surface area contributed by atoms with E-state index in [4.69, 9.17) is 5.41 Å². The van der Waals surface area contributed by atoms with Crippen molar-refractivity contribution in [2.45, 2.75) is 33.6 Å². The van der Waals surface area contributed by atoms with Gasteiger partial charge in [-0.1, -0.05) is 17.2 Å². The summed E-state index contributed by atoms with van der Waals surface area (Å²) in [6.07, 6.45) is 4.33. The number of allylic oxidation sites excluding steroid dienone is 4. The second-order valence-electron chi connectivity index (χ2n) is 3.26. The highest BCUT2D eigenvalue weighted by atomic mass is 14.4. The molecule has 0 atom stereocenters. The molecular formula is C10H15N. The lowest BCUT2D eigenvalue weighted by molar-refractivity contribution is 0.914. The fourth-order valence-corrected chi connectivity index (χ4v) is 1.27. The summed E-state index contributed by atoms with van der Waals surface area (Å²) in [7, 11) is 0. The normalized spacial score (nSPS) is 18.3. The predicted octanol–water partition coefficient (Wildman–Crippen LogP) is 3.08. The predicted molar refractivity (Wildman–Crippen MR) is 49.1 cm³/mol. The standard InChI is InChI=1S/C10H15N/c1-7-4-5-10(9(3)11)6-8(7)2/h6,11H,4-5H2,1-3H3. The van der Waals surface area contributed by atoms with Crippen LogP contribution < -0.4 is 0 Å². The van der Waals surface area contributed by atoms with Crippen molar-refractivity contribution in [3.05, 3.63) is 22.8 Å². The summed E-state index contributed by atoms with van der Waals surface area (Å²) in [5.74, 6) is 0. The van der Waals surface area contributed by atoms with Gasteiger partial charge in [0, 0.05) is 5.71 Å². The van der Waals surface area contributed by atoms with E-state index in [-0.39, 0.29) is 0 Å². The molecule has 0 aromatic heterocycles. The van der Waals surface area contributed by atoms with Crippen molar-refractivity contribution in [1.29, 1.82) is 5.41 Å². The van der Waals surface area contributed by atoms with E-state index in [1.54, 1.807) is 0 Å². The molecule has 0 bridgehead atoms. The second kappa shape index (κ2) is 3.04. The Morgan fingerprint density at radius 2 is 2.00 bits per heavy atom. The molecule has 1 nitrogen and oxygen atoms in total. The Morgan fingerprint density at radius 1 is 1.36 bits per heavy atom. The van der Waals surface area contributed by atoms with E-state index >= 15 is 0 Å². The van der Waals surface area contributed by atoms with Gasteiger partial charge in [-0.2, -0.15) is 0 Å². The first-order valence-corrected chi connectivity index (χ1v) is 4.03. The molecule has 0 unspecified atom stereocenters. The lowest BCUT2D eigenvalue weighted by Gasteiger charge is -2.14. The monoisotopic (exact) mass is 149 g/mol. The zero-order valence-electron chi connectivity index (χ0n) is 7.49. The Labute approximate surface area is 68.3 Å². The molecule has 0 saturated carbocycles. The first kappa shape index (κ1) is 8.25. The Bertz CT molecular complexity index is 244. The van der Waals surface area contributed by atoms with Crippen molar-refractivity contribution in [1.82, 2.24) is 0 Å². The van der Waals surface area contributed by atoms with E-state index in [2.05, 4.69) is 19.9 Å². The van der Waals surface area contributed by atoms with Crippen molar-refractivity contribution in [3.63, 3.8) is 0 Å². The van der Waals surface area contributed by atoms with Gasteiger partial charge in [0.1, 0.15) is 0 Å². The van der Waals surface area contributed by atoms with Crippen LogP contribution in [0.25, 0.3) is 0 Å². The van der Waals surface area contributed by atoms with Crippen LogP contribution >= 0.6 is 0 Å². The molecule has 0 aliphatic heterocycles. The number of nitrogens with one attached hydrogen (secondary N) is 1. The molecule has 1 N–H and O–H groups in total. The van der Waals surface area contributed by atoms with Crippen LogP contribution in [0.2, 0.25) is 0 Å². The summed E-state index contributed by atoms with van der Waals surface area (Å²) in [6, 6.07) is 0. The van der Waals surface area contributed by atoms with Gasteiger partial charge in [-0.05, 0) is 39.2 Å². The lowest BCUT2D eigenvalue weighted by Crippen LogP contribution is -2.01. The van der Waals surface area contributed by atoms with Crippen LogP contribution in [-0.2, 0) is 0 Å². The number of rotatable bonds is 1. The zero-order chi connectivity index (χ0) is 8.43. The Morgan fingerprint density at radius 3 is 2.45 bits per heavy atom. The maximum Gasteiger partial charge on any atom is 0.0315 e. The summed E-state index contributed by atoms with van der Waals surface area (Å²) in [5.41, 5.74) is 4.73. The third-order valence-corrected chi connectivity index (χ3v) is 2.31. The van der Waals surface area contributed by atoms with Crippen LogP contribution in [0.15, 0.2) is 22.8 Å². The van der Waals surface area contributed by atoms with Gasteiger partial charge in [0.2, 0.25) is 0 Å². The fourth-order valence-electron chi connectivity index (χ4n) is 1.27. The van der Waals surface area contributed by atoms with E-state index in [9.17, 15) is 0 Å². The maximum absolute atomic E-state index is 7.45. The first-order chi connectivity index (χ1) is 5.11. The summed E-state index contributed by atoms with van der Waals surface area (Å²) in [4.78, 5) is 0. The van der Waals surface area contributed by atoms with E-state index in [0.717, 1.165) is 18.6 Å². The van der Waals surface area contributed by atoms with Gasteiger partial charge < -0.3 is 5.41 Å². The van der Waals surface area contributed by atoms with Crippen LogP contribution in [0.4, 0.5) is 0 Å². The van der Waals surface area contributed by atoms with E-state index in [1.165, 1.54) is 16.7 Å². The molecule has 1 aliphatic rings. The summed E-state index contributed by atoms with van der Waals surface area (Å²) in [5, 5.41) is 7.45. The van der Waals surface area contributed by atoms with Gasteiger partial charge in [-0.15, -0.1) is 0 Å². The molecule has 0 amide bonds. The molecular weight excluding hydrogens is 134 g/mol. The lowest BCUT2D eigenvalue weighted by atomic mass is 9.92. The Balaban J connectivity index is 2.89. The third-order valence-electron chi connectivity index (χ3n) is 2.31. The smallest absolute Gasteiger partial charge is 0.0315 e. The van der Waals surface area contributed by atoms with E-state index in [0.29, 0.717) is 0 Å². The molecule has 1 rings (SSSR count). The summed E-state index contributed by atoms with van der Waals surface area (Å²) < 4.78 is 0. The summed E-state index contributed by atoms with van der Waals surface area (Å²) >= 11 is 0. The van der Waals surface area contributed by atoms with Crippen LogP contribution in [0.1, 0.15) is 33.6 Å². The molecule has 0 radical (unpaired) electrons. The fraction of sp³-hybridized carbons (Fsp3) is 0.500. The molecule has 0 aromatic rings. The van der Waals surface area contributed by atoms with Crippen molar-refractivity contribution in [3.8, 4) is 0 Å². The van der Waals surface area contributed by atoms with Gasteiger partial charge in [0.05, 0.1) is 0 Å². The Kier molecular flexibility index (Phi) is 2.28. The van der Waals surface area contributed by atoms with Crippen molar-refractivity contribution < 1.29 is 0 Å². The van der Waals surface area contributed by atoms with Crippen molar-refractivity contribution in [2.75, 3.05) is 0 Å². The van der Waals surface area contributed by atoms with Crippen LogP contribution in [0.3, 0.4) is 0 Å². The molecule has 0 saturated heterocycles. The third kappa shape index (κ3) is 1.79. The minimum Gasteiger partial charge on any atom is -0.305 e. The summed E-state index contributed by atoms with van der Waals surface area (Å²) in [6.45, 7) is 6.15. The second-order valence-corrected chi connectivity index (χ2v) is 3.26. The van der Waals surface area contributed by atoms with Gasteiger partial charge >= 0.3 is 0 Å². The molecule has 1 heteroatoms.